The minimum Gasteiger partial charge on any atom is -0.489 e. The predicted octanol–water partition coefficient (Wildman–Crippen LogP) is 4.87. The Morgan fingerprint density at radius 3 is 2.55 bits per heavy atom. The average Bonchev–Trinajstić information content (AvgIpc) is 2.36. The lowest BCUT2D eigenvalue weighted by Crippen LogP contribution is -2.08. The maximum absolute atomic E-state index is 6.16. The number of anilines is 3. The molecule has 0 aliphatic carbocycles. The molecule has 0 unspecified atom stereocenters. The Morgan fingerprint density at radius 1 is 1.15 bits per heavy atom. The van der Waals surface area contributed by atoms with Crippen molar-refractivity contribution in [3.8, 4) is 5.75 Å². The molecule has 0 fully saturated rings. The van der Waals surface area contributed by atoms with Crippen LogP contribution in [0.1, 0.15) is 19.4 Å². The third-order valence-electron chi connectivity index (χ3n) is 2.89. The van der Waals surface area contributed by atoms with Crippen molar-refractivity contribution in [1.82, 2.24) is 0 Å². The molecule has 0 aliphatic rings. The smallest absolute Gasteiger partial charge is 0.144 e. The van der Waals surface area contributed by atoms with E-state index in [4.69, 9.17) is 10.5 Å². The van der Waals surface area contributed by atoms with Crippen LogP contribution in [0.15, 0.2) is 40.9 Å². The molecule has 0 aliphatic heterocycles. The number of rotatable bonds is 4. The van der Waals surface area contributed by atoms with Gasteiger partial charge in [-0.3, -0.25) is 0 Å². The number of hydrogen-bond acceptors (Lipinski definition) is 3. The van der Waals surface area contributed by atoms with E-state index in [2.05, 4.69) is 34.2 Å². The molecule has 4 heteroatoms. The van der Waals surface area contributed by atoms with Crippen LogP contribution < -0.4 is 15.8 Å². The Labute approximate surface area is 128 Å². The lowest BCUT2D eigenvalue weighted by molar-refractivity contribution is 0.244. The highest BCUT2D eigenvalue weighted by Crippen LogP contribution is 2.33. The SMILES string of the molecule is Cc1cc(Br)ccc1Nc1cccc(OC(C)C)c1N. The molecular formula is C16H19BrN2O. The van der Waals surface area contributed by atoms with Crippen LogP contribution >= 0.6 is 15.9 Å². The highest BCUT2D eigenvalue weighted by Gasteiger charge is 2.08. The molecule has 0 spiro atoms. The van der Waals surface area contributed by atoms with Gasteiger partial charge in [-0.15, -0.1) is 0 Å². The number of ether oxygens (including phenoxy) is 1. The molecule has 0 radical (unpaired) electrons. The predicted molar refractivity (Wildman–Crippen MR) is 88.8 cm³/mol. The molecule has 0 aromatic heterocycles. The van der Waals surface area contributed by atoms with Gasteiger partial charge in [0.2, 0.25) is 0 Å². The molecule has 20 heavy (non-hydrogen) atoms. The van der Waals surface area contributed by atoms with Crippen LogP contribution in [0.2, 0.25) is 0 Å². The summed E-state index contributed by atoms with van der Waals surface area (Å²) in [5, 5.41) is 3.36. The lowest BCUT2D eigenvalue weighted by Gasteiger charge is -2.16. The van der Waals surface area contributed by atoms with Gasteiger partial charge in [0, 0.05) is 10.2 Å². The molecule has 0 amide bonds. The monoisotopic (exact) mass is 334 g/mol. The number of halogens is 1. The van der Waals surface area contributed by atoms with Gasteiger partial charge in [-0.25, -0.2) is 0 Å². The number of nitrogens with one attached hydrogen (secondary N) is 1. The maximum atomic E-state index is 6.16. The van der Waals surface area contributed by atoms with Crippen molar-refractivity contribution in [2.24, 2.45) is 0 Å². The first-order valence-corrected chi connectivity index (χ1v) is 7.35. The molecule has 0 saturated carbocycles. The van der Waals surface area contributed by atoms with Crippen molar-refractivity contribution in [1.29, 1.82) is 0 Å². The Bertz CT molecular complexity index is 611. The molecule has 2 aromatic carbocycles. The Balaban J connectivity index is 2.29. The highest BCUT2D eigenvalue weighted by atomic mass is 79.9. The van der Waals surface area contributed by atoms with Crippen LogP contribution in [0.4, 0.5) is 17.1 Å². The summed E-state index contributed by atoms with van der Waals surface area (Å²) in [4.78, 5) is 0. The summed E-state index contributed by atoms with van der Waals surface area (Å²) in [7, 11) is 0. The second kappa shape index (κ2) is 6.18. The molecule has 3 N–H and O–H groups in total. The van der Waals surface area contributed by atoms with Crippen LogP contribution in [0, 0.1) is 6.92 Å². The van der Waals surface area contributed by atoms with Gasteiger partial charge in [-0.1, -0.05) is 22.0 Å². The van der Waals surface area contributed by atoms with Crippen LogP contribution in [0.3, 0.4) is 0 Å². The minimum absolute atomic E-state index is 0.0990. The molecule has 3 nitrogen and oxygen atoms in total. The fourth-order valence-electron chi connectivity index (χ4n) is 1.92. The van der Waals surface area contributed by atoms with Crippen LogP contribution in [0.25, 0.3) is 0 Å². The average molecular weight is 335 g/mol. The third-order valence-corrected chi connectivity index (χ3v) is 3.38. The molecule has 106 valence electrons. The number of para-hydroxylation sites is 1. The summed E-state index contributed by atoms with van der Waals surface area (Å²) in [5.41, 5.74) is 9.82. The Hall–Kier alpha value is -1.68. The van der Waals surface area contributed by atoms with Crippen LogP contribution in [-0.4, -0.2) is 6.10 Å². The minimum atomic E-state index is 0.0990. The molecule has 2 aromatic rings. The maximum Gasteiger partial charge on any atom is 0.144 e. The van der Waals surface area contributed by atoms with Crippen LogP contribution in [0.5, 0.6) is 5.75 Å². The summed E-state index contributed by atoms with van der Waals surface area (Å²) in [6.07, 6.45) is 0.0990. The van der Waals surface area contributed by atoms with Gasteiger partial charge in [0.1, 0.15) is 5.75 Å². The summed E-state index contributed by atoms with van der Waals surface area (Å²) in [6, 6.07) is 11.9. The van der Waals surface area contributed by atoms with Crippen molar-refractivity contribution in [2.75, 3.05) is 11.1 Å². The summed E-state index contributed by atoms with van der Waals surface area (Å²) >= 11 is 3.46. The van der Waals surface area contributed by atoms with E-state index in [1.54, 1.807) is 0 Å². The number of benzene rings is 2. The van der Waals surface area contributed by atoms with E-state index in [9.17, 15) is 0 Å². The van der Waals surface area contributed by atoms with Gasteiger partial charge in [-0.05, 0) is 56.7 Å². The quantitative estimate of drug-likeness (QED) is 0.784. The molecule has 2 rings (SSSR count). The summed E-state index contributed by atoms with van der Waals surface area (Å²) in [5.74, 6) is 0.708. The van der Waals surface area contributed by atoms with E-state index in [-0.39, 0.29) is 6.10 Å². The first kappa shape index (κ1) is 14.7. The first-order chi connectivity index (χ1) is 9.47. The van der Waals surface area contributed by atoms with E-state index in [0.717, 1.165) is 21.4 Å². The fraction of sp³-hybridized carbons (Fsp3) is 0.250. The number of nitrogens with two attached hydrogens (primary N) is 1. The molecular weight excluding hydrogens is 316 g/mol. The molecule has 0 atom stereocenters. The van der Waals surface area contributed by atoms with Gasteiger partial charge in [0.05, 0.1) is 17.5 Å². The standard InChI is InChI=1S/C16H19BrN2O/c1-10(2)20-15-6-4-5-14(16(15)18)19-13-8-7-12(17)9-11(13)3/h4-10,19H,18H2,1-3H3. The molecule has 0 heterocycles. The van der Waals surface area contributed by atoms with Crippen molar-refractivity contribution in [2.45, 2.75) is 26.9 Å². The molecule has 0 bridgehead atoms. The van der Waals surface area contributed by atoms with E-state index >= 15 is 0 Å². The molecule has 0 saturated heterocycles. The van der Waals surface area contributed by atoms with Gasteiger partial charge in [-0.2, -0.15) is 0 Å². The highest BCUT2D eigenvalue weighted by molar-refractivity contribution is 9.10. The second-order valence-corrected chi connectivity index (χ2v) is 5.88. The topological polar surface area (TPSA) is 47.3 Å². The van der Waals surface area contributed by atoms with Gasteiger partial charge in [0.15, 0.2) is 0 Å². The van der Waals surface area contributed by atoms with Gasteiger partial charge >= 0.3 is 0 Å². The largest absolute Gasteiger partial charge is 0.489 e. The zero-order valence-corrected chi connectivity index (χ0v) is 13.5. The fourth-order valence-corrected chi connectivity index (χ4v) is 2.40. The number of hydrogen-bond donors (Lipinski definition) is 2. The summed E-state index contributed by atoms with van der Waals surface area (Å²) < 4.78 is 6.76. The van der Waals surface area contributed by atoms with E-state index in [0.29, 0.717) is 11.4 Å². The van der Waals surface area contributed by atoms with E-state index in [1.807, 2.05) is 44.2 Å². The Morgan fingerprint density at radius 2 is 1.90 bits per heavy atom. The van der Waals surface area contributed by atoms with Crippen molar-refractivity contribution in [3.63, 3.8) is 0 Å². The van der Waals surface area contributed by atoms with Crippen molar-refractivity contribution >= 4 is 33.0 Å². The first-order valence-electron chi connectivity index (χ1n) is 6.55. The van der Waals surface area contributed by atoms with Crippen LogP contribution in [-0.2, 0) is 0 Å². The third kappa shape index (κ3) is 3.45. The van der Waals surface area contributed by atoms with E-state index in [1.165, 1.54) is 0 Å². The van der Waals surface area contributed by atoms with Gasteiger partial charge < -0.3 is 15.8 Å². The second-order valence-electron chi connectivity index (χ2n) is 4.97. The summed E-state index contributed by atoms with van der Waals surface area (Å²) in [6.45, 7) is 6.02. The normalized spacial score (nSPS) is 10.7. The lowest BCUT2D eigenvalue weighted by atomic mass is 10.2. The van der Waals surface area contributed by atoms with E-state index < -0.39 is 0 Å². The van der Waals surface area contributed by atoms with Gasteiger partial charge in [0.25, 0.3) is 0 Å². The van der Waals surface area contributed by atoms with Crippen molar-refractivity contribution in [3.05, 3.63) is 46.4 Å². The van der Waals surface area contributed by atoms with Crippen molar-refractivity contribution < 1.29 is 4.74 Å². The Kier molecular flexibility index (Phi) is 4.55. The number of nitrogen functional groups attached to an aromatic ring is 1. The zero-order chi connectivity index (χ0) is 14.7. The number of aryl methyl sites for hydroxylation is 1. The zero-order valence-electron chi connectivity index (χ0n) is 11.9.